The third-order valence-corrected chi connectivity index (χ3v) is 0.727. The van der Waals surface area contributed by atoms with Gasteiger partial charge in [-0.25, -0.2) is 5.01 Å². The number of nitrogens with one attached hydrogen (secondary N) is 1. The Morgan fingerprint density at radius 1 is 1.88 bits per heavy atom. The van der Waals surface area contributed by atoms with Gasteiger partial charge in [-0.15, -0.1) is 0 Å². The molecular weight excluding hydrogens is 104 g/mol. The maximum absolute atomic E-state index is 5.35. The number of hydrogen-bond acceptors (Lipinski definition) is 4. The third kappa shape index (κ3) is 2.57. The van der Waals surface area contributed by atoms with Gasteiger partial charge in [0.1, 0.15) is 6.29 Å². The number of hydrazine groups is 1. The van der Waals surface area contributed by atoms with Gasteiger partial charge in [0.2, 0.25) is 0 Å². The maximum Gasteiger partial charge on any atom is 0.144 e. The fourth-order valence-corrected chi connectivity index (χ4v) is 0.238. The second kappa shape index (κ2) is 3.43. The second-order valence-corrected chi connectivity index (χ2v) is 1.48. The Hall–Kier alpha value is -0.580. The molecule has 0 fully saturated rings. The van der Waals surface area contributed by atoms with Crippen LogP contribution in [0.1, 0.15) is 0 Å². The average Bonchev–Trinajstić information content (AvgIpc) is 1.67. The van der Waals surface area contributed by atoms with Crippen LogP contribution < -0.4 is 16.9 Å². The van der Waals surface area contributed by atoms with Gasteiger partial charge in [-0.05, 0) is 6.20 Å². The number of nitrogens with zero attached hydrogens (tertiary/aromatic N) is 1. The summed E-state index contributed by atoms with van der Waals surface area (Å²) in [5, 5.41) is 4.04. The number of hydrogen-bond donors (Lipinski definition) is 3. The fraction of sp³-hybridized carbons (Fsp3) is 0.500. The second-order valence-electron chi connectivity index (χ2n) is 1.48. The van der Waals surface area contributed by atoms with Crippen molar-refractivity contribution >= 4 is 0 Å². The van der Waals surface area contributed by atoms with Crippen LogP contribution >= 0.6 is 0 Å². The largest absolute Gasteiger partial charge is 0.363 e. The van der Waals surface area contributed by atoms with Gasteiger partial charge in [-0.3, -0.25) is 11.6 Å². The summed E-state index contributed by atoms with van der Waals surface area (Å²) < 4.78 is 0. The Morgan fingerprint density at radius 3 is 2.50 bits per heavy atom. The van der Waals surface area contributed by atoms with Crippen LogP contribution in [0.3, 0.4) is 0 Å². The molecule has 0 amide bonds. The first-order chi connectivity index (χ1) is 3.68. The molecule has 0 aliphatic carbocycles. The Labute approximate surface area is 49.1 Å². The molecular formula is C4H12N4. The fourth-order valence-electron chi connectivity index (χ4n) is 0.238. The number of nitrogens with two attached hydrogens (primary N) is 2. The maximum atomic E-state index is 5.35. The zero-order valence-electron chi connectivity index (χ0n) is 4.96. The summed E-state index contributed by atoms with van der Waals surface area (Å²) >= 11 is 0. The summed E-state index contributed by atoms with van der Waals surface area (Å²) in [5.74, 6) is 5.22. The van der Waals surface area contributed by atoms with E-state index in [9.17, 15) is 0 Å². The molecule has 4 heteroatoms. The van der Waals surface area contributed by atoms with E-state index in [0.717, 1.165) is 0 Å². The molecule has 0 aromatic rings. The van der Waals surface area contributed by atoms with Crippen LogP contribution in [-0.2, 0) is 0 Å². The van der Waals surface area contributed by atoms with Gasteiger partial charge in [0, 0.05) is 7.05 Å². The molecule has 5 N–H and O–H groups in total. The van der Waals surface area contributed by atoms with E-state index in [1.54, 1.807) is 7.05 Å². The van der Waals surface area contributed by atoms with Gasteiger partial charge in [-0.1, -0.05) is 6.58 Å². The first-order valence-electron chi connectivity index (χ1n) is 2.28. The summed E-state index contributed by atoms with van der Waals surface area (Å²) in [6, 6.07) is 0. The lowest BCUT2D eigenvalue weighted by atomic mass is 10.8. The van der Waals surface area contributed by atoms with Crippen molar-refractivity contribution < 1.29 is 0 Å². The zero-order valence-corrected chi connectivity index (χ0v) is 4.96. The van der Waals surface area contributed by atoms with Crippen LogP contribution in [-0.4, -0.2) is 18.3 Å². The molecule has 0 heterocycles. The Morgan fingerprint density at radius 2 is 2.38 bits per heavy atom. The predicted octanol–water partition coefficient (Wildman–Crippen LogP) is -1.23. The highest BCUT2D eigenvalue weighted by atomic mass is 15.5. The molecule has 0 spiro atoms. The summed E-state index contributed by atoms with van der Waals surface area (Å²) in [6.45, 7) is 3.41. The van der Waals surface area contributed by atoms with Crippen molar-refractivity contribution in [1.29, 1.82) is 0 Å². The van der Waals surface area contributed by atoms with Crippen LogP contribution in [0.2, 0.25) is 0 Å². The lowest BCUT2D eigenvalue weighted by molar-refractivity contribution is 0.232. The van der Waals surface area contributed by atoms with E-state index in [2.05, 4.69) is 11.9 Å². The average molecular weight is 116 g/mol. The normalized spacial score (nSPS) is 13.5. The monoisotopic (exact) mass is 116 g/mol. The van der Waals surface area contributed by atoms with Crippen LogP contribution in [0, 0.1) is 0 Å². The predicted molar refractivity (Wildman–Crippen MR) is 33.3 cm³/mol. The summed E-state index contributed by atoms with van der Waals surface area (Å²) in [5.41, 5.74) is 5.35. The van der Waals surface area contributed by atoms with Crippen LogP contribution in [0.4, 0.5) is 0 Å². The van der Waals surface area contributed by atoms with Gasteiger partial charge in [0.25, 0.3) is 0 Å². The SMILES string of the molecule is C=CNC(N)N(C)N. The van der Waals surface area contributed by atoms with Crippen molar-refractivity contribution in [3.8, 4) is 0 Å². The molecule has 0 bridgehead atoms. The highest BCUT2D eigenvalue weighted by Crippen LogP contribution is 1.70. The summed E-state index contributed by atoms with van der Waals surface area (Å²) in [4.78, 5) is 0. The summed E-state index contributed by atoms with van der Waals surface area (Å²) in [6.07, 6.45) is 1.15. The lowest BCUT2D eigenvalue weighted by Crippen LogP contribution is -2.51. The first kappa shape index (κ1) is 7.42. The molecule has 48 valence electrons. The molecule has 8 heavy (non-hydrogen) atoms. The molecule has 0 aromatic heterocycles. The Kier molecular flexibility index (Phi) is 3.18. The van der Waals surface area contributed by atoms with E-state index in [-0.39, 0.29) is 6.29 Å². The minimum absolute atomic E-state index is 0.340. The van der Waals surface area contributed by atoms with E-state index in [4.69, 9.17) is 11.6 Å². The van der Waals surface area contributed by atoms with E-state index in [0.29, 0.717) is 0 Å². The standard InChI is InChI=1S/C4H12N4/c1-3-7-4(5)8(2)6/h3-4,7H,1,5-6H2,2H3. The minimum Gasteiger partial charge on any atom is -0.363 e. The van der Waals surface area contributed by atoms with Crippen LogP contribution in [0.25, 0.3) is 0 Å². The van der Waals surface area contributed by atoms with Crippen molar-refractivity contribution in [1.82, 2.24) is 10.3 Å². The molecule has 0 rings (SSSR count). The quantitative estimate of drug-likeness (QED) is 0.245. The van der Waals surface area contributed by atoms with E-state index in [1.165, 1.54) is 11.2 Å². The lowest BCUT2D eigenvalue weighted by Gasteiger charge is -2.18. The molecule has 0 aliphatic heterocycles. The van der Waals surface area contributed by atoms with Crippen molar-refractivity contribution in [2.24, 2.45) is 11.6 Å². The topological polar surface area (TPSA) is 67.3 Å². The molecule has 0 radical (unpaired) electrons. The molecule has 1 atom stereocenters. The summed E-state index contributed by atoms with van der Waals surface area (Å²) in [7, 11) is 1.67. The highest BCUT2D eigenvalue weighted by Gasteiger charge is 1.97. The van der Waals surface area contributed by atoms with Crippen molar-refractivity contribution in [2.45, 2.75) is 6.29 Å². The van der Waals surface area contributed by atoms with Crippen molar-refractivity contribution in [3.63, 3.8) is 0 Å². The Balaban J connectivity index is 3.30. The first-order valence-corrected chi connectivity index (χ1v) is 2.28. The van der Waals surface area contributed by atoms with E-state index in [1.807, 2.05) is 0 Å². The highest BCUT2D eigenvalue weighted by molar-refractivity contribution is 4.65. The van der Waals surface area contributed by atoms with E-state index < -0.39 is 0 Å². The Bertz CT molecular complexity index is 70.4. The molecule has 0 saturated carbocycles. The molecule has 0 aromatic carbocycles. The van der Waals surface area contributed by atoms with Crippen LogP contribution in [0.5, 0.6) is 0 Å². The van der Waals surface area contributed by atoms with Crippen LogP contribution in [0.15, 0.2) is 12.8 Å². The van der Waals surface area contributed by atoms with Gasteiger partial charge in [0.05, 0.1) is 0 Å². The van der Waals surface area contributed by atoms with Crippen molar-refractivity contribution in [3.05, 3.63) is 12.8 Å². The minimum atomic E-state index is -0.340. The van der Waals surface area contributed by atoms with Gasteiger partial charge < -0.3 is 5.32 Å². The smallest absolute Gasteiger partial charge is 0.144 e. The molecule has 0 saturated heterocycles. The van der Waals surface area contributed by atoms with Gasteiger partial charge in [0.15, 0.2) is 0 Å². The molecule has 4 nitrogen and oxygen atoms in total. The molecule has 0 aliphatic rings. The van der Waals surface area contributed by atoms with E-state index >= 15 is 0 Å². The van der Waals surface area contributed by atoms with Gasteiger partial charge in [-0.2, -0.15) is 0 Å². The van der Waals surface area contributed by atoms with Gasteiger partial charge >= 0.3 is 0 Å². The number of rotatable bonds is 3. The zero-order chi connectivity index (χ0) is 6.57. The van der Waals surface area contributed by atoms with Crippen molar-refractivity contribution in [2.75, 3.05) is 7.05 Å². The molecule has 1 unspecified atom stereocenters. The third-order valence-electron chi connectivity index (χ3n) is 0.727.